The van der Waals surface area contributed by atoms with Gasteiger partial charge in [0, 0.05) is 59.5 Å². The number of hydrogen-bond acceptors (Lipinski definition) is 6. The van der Waals surface area contributed by atoms with Crippen LogP contribution in [-0.4, -0.2) is 58.7 Å². The number of pyridine rings is 1. The van der Waals surface area contributed by atoms with E-state index in [0.29, 0.717) is 17.8 Å². The minimum Gasteiger partial charge on any atom is -0.475 e. The van der Waals surface area contributed by atoms with Crippen LogP contribution in [0.25, 0.3) is 22.5 Å². The molecule has 0 aliphatic carbocycles. The Bertz CT molecular complexity index is 1400. The number of nitrogens with one attached hydrogen (secondary N) is 3. The van der Waals surface area contributed by atoms with E-state index in [1.54, 1.807) is 24.4 Å². The molecule has 1 aliphatic rings. The standard InChI is InChI=1S/C23H20N4O4.C2HF3O2/c1-31-22(29)6-5-21(28)26-16-4-2-3-14(11-16)19-12-15(7-9-24-19)20-13-17-18(27-20)8-10-25-23(17)30;3-2(4,5)1(6)7/h2-7,9,11-13,27H,8,10H2,1H3,(H,25,30)(H,26,28);(H,6,7)/b6-5-;. The summed E-state index contributed by atoms with van der Waals surface area (Å²) in [5.41, 5.74) is 5.45. The number of esters is 1. The van der Waals surface area contributed by atoms with Gasteiger partial charge >= 0.3 is 18.1 Å². The van der Waals surface area contributed by atoms with Gasteiger partial charge in [0.1, 0.15) is 0 Å². The molecule has 38 heavy (non-hydrogen) atoms. The van der Waals surface area contributed by atoms with E-state index in [-0.39, 0.29) is 5.91 Å². The number of carboxylic acids is 1. The predicted octanol–water partition coefficient (Wildman–Crippen LogP) is 3.33. The first-order valence-electron chi connectivity index (χ1n) is 10.9. The maximum absolute atomic E-state index is 12.0. The van der Waals surface area contributed by atoms with Gasteiger partial charge in [-0.2, -0.15) is 13.2 Å². The topological polar surface area (TPSA) is 150 Å². The second kappa shape index (κ2) is 11.9. The molecule has 2 amide bonds. The Labute approximate surface area is 213 Å². The minimum absolute atomic E-state index is 0.0669. The number of amides is 2. The number of carbonyl (C=O) groups is 4. The molecule has 198 valence electrons. The molecule has 10 nitrogen and oxygen atoms in total. The number of H-pyrrole nitrogens is 1. The van der Waals surface area contributed by atoms with E-state index in [2.05, 4.69) is 25.3 Å². The van der Waals surface area contributed by atoms with Crippen molar-refractivity contribution in [1.82, 2.24) is 15.3 Å². The largest absolute Gasteiger partial charge is 0.490 e. The second-order valence-electron chi connectivity index (χ2n) is 7.74. The number of aromatic nitrogens is 2. The maximum Gasteiger partial charge on any atom is 0.490 e. The highest BCUT2D eigenvalue weighted by Crippen LogP contribution is 2.28. The molecule has 0 spiro atoms. The third-order valence-corrected chi connectivity index (χ3v) is 5.12. The molecule has 3 heterocycles. The number of halogens is 3. The Morgan fingerprint density at radius 1 is 1.11 bits per heavy atom. The van der Waals surface area contributed by atoms with Crippen LogP contribution in [0.3, 0.4) is 0 Å². The number of fused-ring (bicyclic) bond motifs is 1. The Morgan fingerprint density at radius 3 is 2.50 bits per heavy atom. The zero-order chi connectivity index (χ0) is 27.9. The van der Waals surface area contributed by atoms with Crippen LogP contribution >= 0.6 is 0 Å². The summed E-state index contributed by atoms with van der Waals surface area (Å²) in [4.78, 5) is 51.8. The van der Waals surface area contributed by atoms with Gasteiger partial charge in [-0.05, 0) is 30.3 Å². The van der Waals surface area contributed by atoms with Gasteiger partial charge in [-0.1, -0.05) is 12.1 Å². The molecule has 2 aromatic heterocycles. The molecule has 0 radical (unpaired) electrons. The first-order valence-corrected chi connectivity index (χ1v) is 10.9. The Hall–Kier alpha value is -4.94. The highest BCUT2D eigenvalue weighted by molar-refractivity contribution is 6.02. The molecule has 0 bridgehead atoms. The highest BCUT2D eigenvalue weighted by atomic mass is 19.4. The summed E-state index contributed by atoms with van der Waals surface area (Å²) >= 11 is 0. The zero-order valence-electron chi connectivity index (χ0n) is 19.8. The fourth-order valence-electron chi connectivity index (χ4n) is 3.36. The fourth-order valence-corrected chi connectivity index (χ4v) is 3.36. The Balaban J connectivity index is 0.000000505. The molecule has 13 heteroatoms. The third-order valence-electron chi connectivity index (χ3n) is 5.12. The van der Waals surface area contributed by atoms with Crippen LogP contribution in [-0.2, 0) is 25.5 Å². The van der Waals surface area contributed by atoms with E-state index in [4.69, 9.17) is 9.90 Å². The van der Waals surface area contributed by atoms with Crippen LogP contribution < -0.4 is 10.6 Å². The summed E-state index contributed by atoms with van der Waals surface area (Å²) in [5, 5.41) is 12.7. The number of carbonyl (C=O) groups excluding carboxylic acids is 3. The van der Waals surface area contributed by atoms with Crippen molar-refractivity contribution in [2.45, 2.75) is 12.6 Å². The van der Waals surface area contributed by atoms with Crippen molar-refractivity contribution in [3.8, 4) is 22.5 Å². The maximum atomic E-state index is 12.0. The van der Waals surface area contributed by atoms with Crippen molar-refractivity contribution in [2.75, 3.05) is 19.0 Å². The van der Waals surface area contributed by atoms with Gasteiger partial charge < -0.3 is 25.5 Å². The Kier molecular flexibility index (Phi) is 8.63. The van der Waals surface area contributed by atoms with Crippen LogP contribution in [0.5, 0.6) is 0 Å². The van der Waals surface area contributed by atoms with Crippen LogP contribution in [0.1, 0.15) is 16.1 Å². The Morgan fingerprint density at radius 2 is 1.84 bits per heavy atom. The average Bonchev–Trinajstić information content (AvgIpc) is 3.33. The van der Waals surface area contributed by atoms with Crippen LogP contribution in [0, 0.1) is 0 Å². The summed E-state index contributed by atoms with van der Waals surface area (Å²) in [7, 11) is 1.24. The molecule has 0 atom stereocenters. The first kappa shape index (κ1) is 27.6. The number of aliphatic carboxylic acids is 1. The van der Waals surface area contributed by atoms with Crippen molar-refractivity contribution in [2.24, 2.45) is 0 Å². The van der Waals surface area contributed by atoms with Crippen molar-refractivity contribution in [1.29, 1.82) is 0 Å². The number of benzene rings is 1. The van der Waals surface area contributed by atoms with Crippen LogP contribution in [0.2, 0.25) is 0 Å². The molecule has 0 unspecified atom stereocenters. The van der Waals surface area contributed by atoms with E-state index in [9.17, 15) is 27.6 Å². The molecule has 3 aromatic rings. The lowest BCUT2D eigenvalue weighted by Gasteiger charge is -2.11. The SMILES string of the molecule is COC(=O)/C=C\C(=O)Nc1cccc(-c2cc(-c3cc4c([nH]3)CCNC4=O)ccn2)c1.O=C(O)C(F)(F)F. The number of nitrogens with zero attached hydrogens (tertiary/aromatic N) is 1. The summed E-state index contributed by atoms with van der Waals surface area (Å²) in [6.45, 7) is 0.626. The number of anilines is 1. The lowest BCUT2D eigenvalue weighted by Crippen LogP contribution is -2.31. The van der Waals surface area contributed by atoms with Crippen LogP contribution in [0.4, 0.5) is 18.9 Å². The molecule has 1 aliphatic heterocycles. The van der Waals surface area contributed by atoms with Gasteiger partial charge in [0.15, 0.2) is 0 Å². The normalized spacial score (nSPS) is 12.6. The number of rotatable bonds is 5. The number of aromatic amines is 1. The number of carboxylic acid groups (broad SMARTS) is 1. The number of methoxy groups -OCH3 is 1. The predicted molar refractivity (Wildman–Crippen MR) is 129 cm³/mol. The summed E-state index contributed by atoms with van der Waals surface area (Å²) in [6, 6.07) is 12.9. The van der Waals surface area contributed by atoms with Crippen molar-refractivity contribution >= 4 is 29.4 Å². The van der Waals surface area contributed by atoms with Gasteiger partial charge in [-0.25, -0.2) is 9.59 Å². The average molecular weight is 530 g/mol. The molecule has 0 saturated carbocycles. The quantitative estimate of drug-likeness (QED) is 0.292. The molecule has 4 rings (SSSR count). The number of hydrogen-bond donors (Lipinski definition) is 4. The lowest BCUT2D eigenvalue weighted by molar-refractivity contribution is -0.192. The molecule has 0 fully saturated rings. The summed E-state index contributed by atoms with van der Waals surface area (Å²) in [6.07, 6.45) is -0.443. The van der Waals surface area contributed by atoms with E-state index in [0.717, 1.165) is 46.8 Å². The zero-order valence-corrected chi connectivity index (χ0v) is 19.8. The van der Waals surface area contributed by atoms with Crippen LogP contribution in [0.15, 0.2) is 60.8 Å². The molecule has 4 N–H and O–H groups in total. The lowest BCUT2D eigenvalue weighted by atomic mass is 10.1. The first-order chi connectivity index (χ1) is 18.0. The van der Waals surface area contributed by atoms with E-state index >= 15 is 0 Å². The second-order valence-corrected chi connectivity index (χ2v) is 7.74. The number of alkyl halides is 3. The minimum atomic E-state index is -5.08. The van der Waals surface area contributed by atoms with Crippen molar-refractivity contribution < 1.29 is 42.2 Å². The van der Waals surface area contributed by atoms with E-state index in [1.165, 1.54) is 7.11 Å². The van der Waals surface area contributed by atoms with Gasteiger partial charge in [0.05, 0.1) is 18.4 Å². The van der Waals surface area contributed by atoms with Crippen molar-refractivity contribution in [3.63, 3.8) is 0 Å². The van der Waals surface area contributed by atoms with Gasteiger partial charge in [0.25, 0.3) is 5.91 Å². The van der Waals surface area contributed by atoms with Gasteiger partial charge in [-0.3, -0.25) is 14.6 Å². The molecule has 1 aromatic carbocycles. The molecule has 0 saturated heterocycles. The fraction of sp³-hybridized carbons (Fsp3) is 0.160. The number of ether oxygens (including phenoxy) is 1. The van der Waals surface area contributed by atoms with E-state index in [1.807, 2.05) is 24.3 Å². The van der Waals surface area contributed by atoms with E-state index < -0.39 is 24.0 Å². The van der Waals surface area contributed by atoms with Gasteiger partial charge in [0.2, 0.25) is 5.91 Å². The van der Waals surface area contributed by atoms with Gasteiger partial charge in [-0.15, -0.1) is 0 Å². The summed E-state index contributed by atoms with van der Waals surface area (Å²) in [5.74, 6) is -3.87. The smallest absolute Gasteiger partial charge is 0.475 e. The monoisotopic (exact) mass is 530 g/mol. The molecular weight excluding hydrogens is 509 g/mol. The van der Waals surface area contributed by atoms with Crippen molar-refractivity contribution in [3.05, 3.63) is 72.1 Å². The highest BCUT2D eigenvalue weighted by Gasteiger charge is 2.38. The molecular formula is C25H21F3N4O6. The third kappa shape index (κ3) is 7.29. The summed E-state index contributed by atoms with van der Waals surface area (Å²) < 4.78 is 36.2.